The highest BCUT2D eigenvalue weighted by Gasteiger charge is 2.12. The molecule has 1 aliphatic rings. The number of likely N-dealkylation sites (N-methyl/N-ethyl adjacent to an activating group) is 2. The second-order valence-corrected chi connectivity index (χ2v) is 3.24. The van der Waals surface area contributed by atoms with Gasteiger partial charge in [-0.05, 0) is 33.5 Å². The Labute approximate surface area is 87.9 Å². The topological polar surface area (TPSA) is 15.3 Å². The van der Waals surface area contributed by atoms with E-state index in [1.165, 1.54) is 32.4 Å². The number of likely N-dealkylation sites (tertiary alicyclic amines) is 1. The van der Waals surface area contributed by atoms with Crippen molar-refractivity contribution in [1.82, 2.24) is 10.2 Å². The summed E-state index contributed by atoms with van der Waals surface area (Å²) in [6.45, 7) is 2.49. The molecule has 1 atom stereocenters. The van der Waals surface area contributed by atoms with Crippen LogP contribution in [-0.4, -0.2) is 38.1 Å². The van der Waals surface area contributed by atoms with E-state index in [1.54, 1.807) is 0 Å². The minimum absolute atomic E-state index is 0. The van der Waals surface area contributed by atoms with Gasteiger partial charge in [0, 0.05) is 12.6 Å². The third kappa shape index (κ3) is 5.20. The van der Waals surface area contributed by atoms with Crippen LogP contribution in [0.3, 0.4) is 0 Å². The van der Waals surface area contributed by atoms with Crippen LogP contribution in [0, 0.1) is 0 Å². The second kappa shape index (κ2) is 8.11. The van der Waals surface area contributed by atoms with E-state index < -0.39 is 0 Å². The van der Waals surface area contributed by atoms with E-state index in [4.69, 9.17) is 0 Å². The SMILES string of the molecule is CNC1CCCCN(C)C1.Cl.Cl. The molecule has 4 heteroatoms. The number of nitrogens with one attached hydrogen (secondary N) is 1. The van der Waals surface area contributed by atoms with Crippen molar-refractivity contribution >= 4 is 24.8 Å². The summed E-state index contributed by atoms with van der Waals surface area (Å²) in [4.78, 5) is 2.41. The molecule has 0 aromatic rings. The van der Waals surface area contributed by atoms with Gasteiger partial charge in [-0.15, -0.1) is 24.8 Å². The van der Waals surface area contributed by atoms with Gasteiger partial charge in [-0.2, -0.15) is 0 Å². The molecule has 1 aliphatic heterocycles. The summed E-state index contributed by atoms with van der Waals surface area (Å²) < 4.78 is 0. The molecule has 1 fully saturated rings. The van der Waals surface area contributed by atoms with Gasteiger partial charge in [0.25, 0.3) is 0 Å². The molecule has 0 radical (unpaired) electrons. The molecule has 0 amide bonds. The smallest absolute Gasteiger partial charge is 0.0191 e. The Morgan fingerprint density at radius 1 is 1.25 bits per heavy atom. The van der Waals surface area contributed by atoms with E-state index in [2.05, 4.69) is 24.3 Å². The van der Waals surface area contributed by atoms with E-state index in [-0.39, 0.29) is 24.8 Å². The van der Waals surface area contributed by atoms with Crippen LogP contribution in [0.1, 0.15) is 19.3 Å². The van der Waals surface area contributed by atoms with Crippen molar-refractivity contribution in [3.05, 3.63) is 0 Å². The Morgan fingerprint density at radius 2 is 1.92 bits per heavy atom. The zero-order valence-corrected chi connectivity index (χ0v) is 9.51. The van der Waals surface area contributed by atoms with Crippen LogP contribution in [0.4, 0.5) is 0 Å². The maximum Gasteiger partial charge on any atom is 0.0191 e. The Morgan fingerprint density at radius 3 is 2.50 bits per heavy atom. The van der Waals surface area contributed by atoms with Crippen LogP contribution in [0.25, 0.3) is 0 Å². The van der Waals surface area contributed by atoms with Crippen LogP contribution >= 0.6 is 24.8 Å². The molecule has 0 aromatic heterocycles. The summed E-state index contributed by atoms with van der Waals surface area (Å²) in [5.74, 6) is 0. The monoisotopic (exact) mass is 214 g/mol. The van der Waals surface area contributed by atoms with Crippen LogP contribution in [-0.2, 0) is 0 Å². The highest BCUT2D eigenvalue weighted by Crippen LogP contribution is 2.07. The van der Waals surface area contributed by atoms with E-state index in [1.807, 2.05) is 0 Å². The van der Waals surface area contributed by atoms with Crippen molar-refractivity contribution in [2.24, 2.45) is 0 Å². The molecule has 0 saturated carbocycles. The van der Waals surface area contributed by atoms with Crippen molar-refractivity contribution in [2.75, 3.05) is 27.2 Å². The highest BCUT2D eigenvalue weighted by molar-refractivity contribution is 5.85. The molecular weight excluding hydrogens is 195 g/mol. The van der Waals surface area contributed by atoms with Crippen molar-refractivity contribution in [3.8, 4) is 0 Å². The van der Waals surface area contributed by atoms with Crippen LogP contribution in [0.5, 0.6) is 0 Å². The zero-order valence-electron chi connectivity index (χ0n) is 7.88. The Bertz CT molecular complexity index is 101. The predicted octanol–water partition coefficient (Wildman–Crippen LogP) is 1.53. The normalized spacial score (nSPS) is 25.0. The summed E-state index contributed by atoms with van der Waals surface area (Å²) in [7, 11) is 4.26. The van der Waals surface area contributed by atoms with Gasteiger partial charge in [0.05, 0.1) is 0 Å². The third-order valence-electron chi connectivity index (χ3n) is 2.28. The molecule has 0 aromatic carbocycles. The lowest BCUT2D eigenvalue weighted by Crippen LogP contribution is -2.35. The molecular formula is C8H20Cl2N2. The van der Waals surface area contributed by atoms with Gasteiger partial charge < -0.3 is 10.2 Å². The standard InChI is InChI=1S/C8H18N2.2ClH/c1-9-8-5-3-4-6-10(2)7-8;;/h8-9H,3-7H2,1-2H3;2*1H. The molecule has 1 heterocycles. The second-order valence-electron chi connectivity index (χ2n) is 3.24. The van der Waals surface area contributed by atoms with Crippen molar-refractivity contribution in [3.63, 3.8) is 0 Å². The molecule has 1 saturated heterocycles. The van der Waals surface area contributed by atoms with Gasteiger partial charge >= 0.3 is 0 Å². The Hall–Kier alpha value is 0.500. The van der Waals surface area contributed by atoms with Crippen molar-refractivity contribution in [1.29, 1.82) is 0 Å². The number of halogens is 2. The van der Waals surface area contributed by atoms with Gasteiger partial charge in [0.1, 0.15) is 0 Å². The highest BCUT2D eigenvalue weighted by atomic mass is 35.5. The molecule has 12 heavy (non-hydrogen) atoms. The summed E-state index contributed by atoms with van der Waals surface area (Å²) in [5, 5.41) is 3.33. The quantitative estimate of drug-likeness (QED) is 0.713. The van der Waals surface area contributed by atoms with E-state index >= 15 is 0 Å². The largest absolute Gasteiger partial charge is 0.316 e. The third-order valence-corrected chi connectivity index (χ3v) is 2.28. The minimum Gasteiger partial charge on any atom is -0.316 e. The van der Waals surface area contributed by atoms with Crippen LogP contribution in [0.2, 0.25) is 0 Å². The summed E-state index contributed by atoms with van der Waals surface area (Å²) in [5.41, 5.74) is 0. The number of nitrogens with zero attached hydrogens (tertiary/aromatic N) is 1. The molecule has 1 unspecified atom stereocenters. The van der Waals surface area contributed by atoms with Crippen molar-refractivity contribution < 1.29 is 0 Å². The first kappa shape index (κ1) is 15.0. The van der Waals surface area contributed by atoms with E-state index in [9.17, 15) is 0 Å². The van der Waals surface area contributed by atoms with Crippen LogP contribution in [0.15, 0.2) is 0 Å². The molecule has 1 rings (SSSR count). The molecule has 76 valence electrons. The molecule has 1 N–H and O–H groups in total. The van der Waals surface area contributed by atoms with Gasteiger partial charge in [-0.3, -0.25) is 0 Å². The minimum atomic E-state index is 0. The zero-order chi connectivity index (χ0) is 7.40. The first-order valence-corrected chi connectivity index (χ1v) is 4.18. The van der Waals surface area contributed by atoms with Crippen LogP contribution < -0.4 is 5.32 Å². The van der Waals surface area contributed by atoms with E-state index in [0.29, 0.717) is 0 Å². The Kier molecular flexibility index (Phi) is 10.1. The summed E-state index contributed by atoms with van der Waals surface area (Å²) >= 11 is 0. The number of hydrogen-bond acceptors (Lipinski definition) is 2. The Balaban J connectivity index is 0. The molecule has 0 aliphatic carbocycles. The maximum absolute atomic E-state index is 3.33. The van der Waals surface area contributed by atoms with Gasteiger partial charge in [-0.25, -0.2) is 0 Å². The molecule has 0 bridgehead atoms. The first-order chi connectivity index (χ1) is 4.83. The number of rotatable bonds is 1. The molecule has 2 nitrogen and oxygen atoms in total. The van der Waals surface area contributed by atoms with Gasteiger partial charge in [0.2, 0.25) is 0 Å². The van der Waals surface area contributed by atoms with E-state index in [0.717, 1.165) is 6.04 Å². The predicted molar refractivity (Wildman–Crippen MR) is 58.7 cm³/mol. The average molecular weight is 215 g/mol. The van der Waals surface area contributed by atoms with Crippen molar-refractivity contribution in [2.45, 2.75) is 25.3 Å². The lowest BCUT2D eigenvalue weighted by molar-refractivity contribution is 0.317. The number of hydrogen-bond donors (Lipinski definition) is 1. The fourth-order valence-electron chi connectivity index (χ4n) is 1.57. The van der Waals surface area contributed by atoms with Gasteiger partial charge in [0.15, 0.2) is 0 Å². The fraction of sp³-hybridized carbons (Fsp3) is 1.00. The summed E-state index contributed by atoms with van der Waals surface area (Å²) in [6, 6.07) is 0.729. The average Bonchev–Trinajstić information content (AvgIpc) is 2.13. The lowest BCUT2D eigenvalue weighted by Gasteiger charge is -2.18. The maximum atomic E-state index is 3.33. The first-order valence-electron chi connectivity index (χ1n) is 4.18. The fourth-order valence-corrected chi connectivity index (χ4v) is 1.57. The van der Waals surface area contributed by atoms with Gasteiger partial charge in [-0.1, -0.05) is 6.42 Å². The molecule has 0 spiro atoms. The lowest BCUT2D eigenvalue weighted by atomic mass is 10.1. The summed E-state index contributed by atoms with van der Waals surface area (Å²) in [6.07, 6.45) is 4.10.